The van der Waals surface area contributed by atoms with Crippen LogP contribution in [0.3, 0.4) is 0 Å². The van der Waals surface area contributed by atoms with Crippen LogP contribution in [0.15, 0.2) is 72.8 Å². The van der Waals surface area contributed by atoms with Gasteiger partial charge in [-0.05, 0) is 38.9 Å². The number of rotatable bonds is 9. The summed E-state index contributed by atoms with van der Waals surface area (Å²) in [5.74, 6) is -0.443. The van der Waals surface area contributed by atoms with E-state index in [4.69, 9.17) is 0 Å². The standard InChI is InChI=1S/C12H17NO2.C11H15NO2.C8H8O/c1-10-4-6-11(7-5-10)8-13(2)9-12(14)15-3;1-9-3-5-10(6-4-9)7-12-8-11(13)14-2;1-7-2-4-8(6-9)5-3-7/h4-7H,8-9H2,1-3H3;3-6,12H,7-8H2,1-2H3;2-6H,1H3. The number of ether oxygens (including phenoxy) is 2. The molecule has 0 aromatic heterocycles. The van der Waals surface area contributed by atoms with E-state index in [0.717, 1.165) is 18.4 Å². The molecule has 0 radical (unpaired) electrons. The number of hydrogen-bond acceptors (Lipinski definition) is 7. The molecule has 7 nitrogen and oxygen atoms in total. The second-order valence-electron chi connectivity index (χ2n) is 8.93. The normalized spacial score (nSPS) is 9.87. The number of carbonyl (C=O) groups excluding carboxylic acids is 3. The van der Waals surface area contributed by atoms with Crippen LogP contribution >= 0.6 is 0 Å². The van der Waals surface area contributed by atoms with Crippen LogP contribution in [-0.2, 0) is 32.2 Å². The minimum absolute atomic E-state index is 0.204. The van der Waals surface area contributed by atoms with Gasteiger partial charge in [-0.1, -0.05) is 89.5 Å². The van der Waals surface area contributed by atoms with Gasteiger partial charge in [0.05, 0.1) is 27.3 Å². The van der Waals surface area contributed by atoms with E-state index in [9.17, 15) is 14.4 Å². The van der Waals surface area contributed by atoms with E-state index in [1.807, 2.05) is 62.2 Å². The Morgan fingerprint density at radius 1 is 0.737 bits per heavy atom. The average molecular weight is 521 g/mol. The Morgan fingerprint density at radius 3 is 1.63 bits per heavy atom. The Labute approximate surface area is 226 Å². The molecule has 0 saturated carbocycles. The Bertz CT molecular complexity index is 1090. The van der Waals surface area contributed by atoms with Crippen molar-refractivity contribution in [3.63, 3.8) is 0 Å². The summed E-state index contributed by atoms with van der Waals surface area (Å²) < 4.78 is 9.10. The highest BCUT2D eigenvalue weighted by Crippen LogP contribution is 2.06. The van der Waals surface area contributed by atoms with E-state index in [1.165, 1.54) is 42.0 Å². The lowest BCUT2D eigenvalue weighted by atomic mass is 10.1. The first-order valence-electron chi connectivity index (χ1n) is 12.3. The molecular weight excluding hydrogens is 480 g/mol. The molecule has 204 valence electrons. The monoisotopic (exact) mass is 520 g/mol. The van der Waals surface area contributed by atoms with Gasteiger partial charge in [0, 0.05) is 18.7 Å². The molecule has 0 fully saturated rings. The summed E-state index contributed by atoms with van der Waals surface area (Å²) in [4.78, 5) is 33.8. The van der Waals surface area contributed by atoms with E-state index in [1.54, 1.807) is 0 Å². The molecule has 3 aromatic carbocycles. The molecule has 0 aliphatic carbocycles. The Morgan fingerprint density at radius 2 is 1.18 bits per heavy atom. The number of likely N-dealkylation sites (N-methyl/N-ethyl adjacent to an activating group) is 1. The molecule has 0 atom stereocenters. The van der Waals surface area contributed by atoms with Gasteiger partial charge in [-0.2, -0.15) is 0 Å². The highest BCUT2D eigenvalue weighted by atomic mass is 16.5. The van der Waals surface area contributed by atoms with Crippen molar-refractivity contribution in [2.24, 2.45) is 0 Å². The molecule has 3 aromatic rings. The zero-order valence-corrected chi connectivity index (χ0v) is 23.3. The molecule has 0 aliphatic rings. The smallest absolute Gasteiger partial charge is 0.319 e. The van der Waals surface area contributed by atoms with E-state index >= 15 is 0 Å². The predicted molar refractivity (Wildman–Crippen MR) is 151 cm³/mol. The number of esters is 2. The molecule has 0 unspecified atom stereocenters. The topological polar surface area (TPSA) is 84.9 Å². The van der Waals surface area contributed by atoms with Gasteiger partial charge < -0.3 is 14.8 Å². The van der Waals surface area contributed by atoms with Gasteiger partial charge in [-0.3, -0.25) is 19.3 Å². The molecule has 3 rings (SSSR count). The molecule has 0 spiro atoms. The van der Waals surface area contributed by atoms with Gasteiger partial charge in [0.2, 0.25) is 0 Å². The molecular formula is C31H40N2O5. The molecule has 0 amide bonds. The van der Waals surface area contributed by atoms with Gasteiger partial charge in [0.15, 0.2) is 0 Å². The number of aldehydes is 1. The summed E-state index contributed by atoms with van der Waals surface area (Å²) >= 11 is 0. The minimum atomic E-state index is -0.239. The fourth-order valence-electron chi connectivity index (χ4n) is 3.08. The van der Waals surface area contributed by atoms with Crippen molar-refractivity contribution >= 4 is 18.2 Å². The summed E-state index contributed by atoms with van der Waals surface area (Å²) in [5.41, 5.74) is 6.77. The third kappa shape index (κ3) is 14.7. The first kappa shape index (κ1) is 32.2. The SMILES string of the molecule is COC(=O)CN(C)Cc1ccc(C)cc1.COC(=O)CNCc1ccc(C)cc1.Cc1ccc(C=O)cc1. The molecule has 0 saturated heterocycles. The number of benzene rings is 3. The van der Waals surface area contributed by atoms with Crippen LogP contribution in [0.4, 0.5) is 0 Å². The highest BCUT2D eigenvalue weighted by Gasteiger charge is 2.06. The minimum Gasteiger partial charge on any atom is -0.468 e. The fraction of sp³-hybridized carbons (Fsp3) is 0.323. The first-order chi connectivity index (χ1) is 18.2. The largest absolute Gasteiger partial charge is 0.468 e. The number of hydrogen-bond donors (Lipinski definition) is 1. The van der Waals surface area contributed by atoms with E-state index < -0.39 is 0 Å². The third-order valence-corrected chi connectivity index (χ3v) is 5.36. The van der Waals surface area contributed by atoms with Crippen molar-refractivity contribution in [1.29, 1.82) is 0 Å². The van der Waals surface area contributed by atoms with Gasteiger partial charge in [0.1, 0.15) is 6.29 Å². The fourth-order valence-corrected chi connectivity index (χ4v) is 3.08. The molecule has 1 N–H and O–H groups in total. The van der Waals surface area contributed by atoms with Crippen molar-refractivity contribution in [1.82, 2.24) is 10.2 Å². The second-order valence-corrected chi connectivity index (χ2v) is 8.93. The second kappa shape index (κ2) is 18.4. The van der Waals surface area contributed by atoms with Crippen LogP contribution in [0, 0.1) is 20.8 Å². The van der Waals surface area contributed by atoms with Crippen molar-refractivity contribution in [3.8, 4) is 0 Å². The van der Waals surface area contributed by atoms with Crippen LogP contribution in [0.2, 0.25) is 0 Å². The predicted octanol–water partition coefficient (Wildman–Crippen LogP) is 4.66. The zero-order chi connectivity index (χ0) is 28.3. The average Bonchev–Trinajstić information content (AvgIpc) is 2.92. The van der Waals surface area contributed by atoms with E-state index in [2.05, 4.69) is 58.1 Å². The Hall–Kier alpha value is -3.81. The van der Waals surface area contributed by atoms with Gasteiger partial charge in [-0.15, -0.1) is 0 Å². The van der Waals surface area contributed by atoms with Crippen LogP contribution in [0.1, 0.15) is 38.2 Å². The lowest BCUT2D eigenvalue weighted by Crippen LogP contribution is -2.26. The van der Waals surface area contributed by atoms with Gasteiger partial charge >= 0.3 is 11.9 Å². The summed E-state index contributed by atoms with van der Waals surface area (Å²) in [6, 6.07) is 23.9. The lowest BCUT2D eigenvalue weighted by molar-refractivity contribution is -0.142. The zero-order valence-electron chi connectivity index (χ0n) is 23.3. The molecule has 0 bridgehead atoms. The summed E-state index contributed by atoms with van der Waals surface area (Å²) in [6.45, 7) is 8.13. The van der Waals surface area contributed by atoms with E-state index in [-0.39, 0.29) is 18.5 Å². The molecule has 38 heavy (non-hydrogen) atoms. The number of nitrogens with zero attached hydrogens (tertiary/aromatic N) is 1. The Kier molecular flexibility index (Phi) is 15.6. The van der Waals surface area contributed by atoms with Gasteiger partial charge in [-0.25, -0.2) is 0 Å². The lowest BCUT2D eigenvalue weighted by Gasteiger charge is -2.14. The maximum Gasteiger partial charge on any atom is 0.319 e. The summed E-state index contributed by atoms with van der Waals surface area (Å²) in [7, 11) is 4.69. The van der Waals surface area contributed by atoms with Crippen LogP contribution in [-0.4, -0.2) is 57.5 Å². The van der Waals surface area contributed by atoms with Crippen LogP contribution < -0.4 is 5.32 Å². The number of carbonyl (C=O) groups is 3. The number of aryl methyl sites for hydroxylation is 3. The maximum atomic E-state index is 11.0. The number of nitrogens with one attached hydrogen (secondary N) is 1. The third-order valence-electron chi connectivity index (χ3n) is 5.36. The van der Waals surface area contributed by atoms with Crippen molar-refractivity contribution < 1.29 is 23.9 Å². The van der Waals surface area contributed by atoms with Crippen molar-refractivity contribution in [2.45, 2.75) is 33.9 Å². The molecule has 0 heterocycles. The van der Waals surface area contributed by atoms with E-state index in [0.29, 0.717) is 13.1 Å². The summed E-state index contributed by atoms with van der Waals surface area (Å²) in [5, 5.41) is 3.00. The number of methoxy groups -OCH3 is 2. The van der Waals surface area contributed by atoms with Crippen LogP contribution in [0.5, 0.6) is 0 Å². The first-order valence-corrected chi connectivity index (χ1v) is 12.3. The summed E-state index contributed by atoms with van der Waals surface area (Å²) in [6.07, 6.45) is 0.847. The highest BCUT2D eigenvalue weighted by molar-refractivity contribution is 5.74. The van der Waals surface area contributed by atoms with Crippen molar-refractivity contribution in [3.05, 3.63) is 106 Å². The van der Waals surface area contributed by atoms with Crippen LogP contribution in [0.25, 0.3) is 0 Å². The molecule has 7 heteroatoms. The molecule has 0 aliphatic heterocycles. The quantitative estimate of drug-likeness (QED) is 0.324. The van der Waals surface area contributed by atoms with Crippen molar-refractivity contribution in [2.75, 3.05) is 34.4 Å². The Balaban J connectivity index is 0.000000294. The maximum absolute atomic E-state index is 11.0. The van der Waals surface area contributed by atoms with Gasteiger partial charge in [0.25, 0.3) is 0 Å².